The summed E-state index contributed by atoms with van der Waals surface area (Å²) in [6, 6.07) is 14.2. The number of carbonyl (C=O) groups excluding carboxylic acids is 2. The Bertz CT molecular complexity index is 690. The Labute approximate surface area is 144 Å². The Hall–Kier alpha value is -2.04. The van der Waals surface area contributed by atoms with Crippen molar-refractivity contribution in [2.45, 2.75) is 12.8 Å². The number of amides is 2. The number of benzene rings is 2. The van der Waals surface area contributed by atoms with Gasteiger partial charge in [0.05, 0.1) is 0 Å². The van der Waals surface area contributed by atoms with Gasteiger partial charge in [0, 0.05) is 22.3 Å². The Kier molecular flexibility index (Phi) is 6.44. The van der Waals surface area contributed by atoms with Crippen molar-refractivity contribution < 1.29 is 9.59 Å². The van der Waals surface area contributed by atoms with Gasteiger partial charge in [-0.25, -0.2) is 0 Å². The van der Waals surface area contributed by atoms with E-state index in [0.717, 1.165) is 5.56 Å². The molecule has 0 bridgehead atoms. The van der Waals surface area contributed by atoms with E-state index in [0.29, 0.717) is 28.7 Å². The molecule has 6 heteroatoms. The van der Waals surface area contributed by atoms with Crippen molar-refractivity contribution in [1.29, 1.82) is 0 Å². The molecule has 0 aliphatic heterocycles. The smallest absolute Gasteiger partial charge is 0.233 e. The average Bonchev–Trinajstić information content (AvgIpc) is 2.50. The van der Waals surface area contributed by atoms with Crippen molar-refractivity contribution in [2.24, 2.45) is 0 Å². The Morgan fingerprint density at radius 1 is 0.957 bits per heavy atom. The van der Waals surface area contributed by atoms with Crippen LogP contribution >= 0.6 is 23.2 Å². The molecular formula is C17H16Cl2N2O2. The van der Waals surface area contributed by atoms with Gasteiger partial charge in [0.2, 0.25) is 11.8 Å². The summed E-state index contributed by atoms with van der Waals surface area (Å²) < 4.78 is 0. The Morgan fingerprint density at radius 2 is 1.70 bits per heavy atom. The van der Waals surface area contributed by atoms with Crippen molar-refractivity contribution in [3.05, 3.63) is 64.1 Å². The van der Waals surface area contributed by atoms with Crippen LogP contribution in [-0.4, -0.2) is 18.4 Å². The number of rotatable bonds is 6. The fourth-order valence-corrected chi connectivity index (χ4v) is 2.50. The maximum atomic E-state index is 11.7. The highest BCUT2D eigenvalue weighted by atomic mass is 35.5. The van der Waals surface area contributed by atoms with Crippen LogP contribution in [0.2, 0.25) is 10.0 Å². The molecule has 120 valence electrons. The van der Waals surface area contributed by atoms with E-state index in [1.807, 2.05) is 24.3 Å². The number of para-hydroxylation sites is 1. The fourth-order valence-electron chi connectivity index (χ4n) is 2.00. The maximum Gasteiger partial charge on any atom is 0.233 e. The third-order valence-corrected chi connectivity index (χ3v) is 3.70. The van der Waals surface area contributed by atoms with E-state index >= 15 is 0 Å². The second kappa shape index (κ2) is 8.56. The molecule has 0 spiro atoms. The van der Waals surface area contributed by atoms with Crippen LogP contribution < -0.4 is 10.6 Å². The van der Waals surface area contributed by atoms with E-state index in [1.165, 1.54) is 0 Å². The zero-order valence-electron chi connectivity index (χ0n) is 12.3. The molecule has 4 nitrogen and oxygen atoms in total. The molecule has 0 unspecified atom stereocenters. The Balaban J connectivity index is 1.73. The SMILES string of the molecule is O=C(CC(=O)Nc1ccccc1)NCCc1ccc(Cl)cc1Cl. The molecule has 2 aromatic rings. The average molecular weight is 351 g/mol. The van der Waals surface area contributed by atoms with E-state index in [9.17, 15) is 9.59 Å². The normalized spacial score (nSPS) is 10.2. The van der Waals surface area contributed by atoms with Gasteiger partial charge in [-0.15, -0.1) is 0 Å². The molecule has 0 radical (unpaired) electrons. The molecule has 0 aromatic heterocycles. The molecule has 0 heterocycles. The van der Waals surface area contributed by atoms with Gasteiger partial charge in [0.1, 0.15) is 6.42 Å². The second-order valence-corrected chi connectivity index (χ2v) is 5.77. The molecule has 2 N–H and O–H groups in total. The third kappa shape index (κ3) is 5.93. The summed E-state index contributed by atoms with van der Waals surface area (Å²) in [6.45, 7) is 0.402. The van der Waals surface area contributed by atoms with E-state index in [2.05, 4.69) is 10.6 Å². The first-order valence-electron chi connectivity index (χ1n) is 7.10. The van der Waals surface area contributed by atoms with Crippen LogP contribution in [0.5, 0.6) is 0 Å². The van der Waals surface area contributed by atoms with E-state index in [-0.39, 0.29) is 18.2 Å². The van der Waals surface area contributed by atoms with Gasteiger partial charge in [0.25, 0.3) is 0 Å². The van der Waals surface area contributed by atoms with Gasteiger partial charge >= 0.3 is 0 Å². The van der Waals surface area contributed by atoms with Crippen molar-refractivity contribution in [3.8, 4) is 0 Å². The van der Waals surface area contributed by atoms with Crippen LogP contribution in [0.15, 0.2) is 48.5 Å². The fraction of sp³-hybridized carbons (Fsp3) is 0.176. The monoisotopic (exact) mass is 350 g/mol. The predicted molar refractivity (Wildman–Crippen MR) is 92.9 cm³/mol. The van der Waals surface area contributed by atoms with Crippen LogP contribution in [0.1, 0.15) is 12.0 Å². The van der Waals surface area contributed by atoms with Crippen molar-refractivity contribution >= 4 is 40.7 Å². The van der Waals surface area contributed by atoms with Crippen LogP contribution in [0.4, 0.5) is 5.69 Å². The van der Waals surface area contributed by atoms with Gasteiger partial charge in [-0.2, -0.15) is 0 Å². The van der Waals surface area contributed by atoms with Crippen molar-refractivity contribution in [2.75, 3.05) is 11.9 Å². The topological polar surface area (TPSA) is 58.2 Å². The molecule has 2 amide bonds. The highest BCUT2D eigenvalue weighted by Gasteiger charge is 2.09. The van der Waals surface area contributed by atoms with Gasteiger partial charge < -0.3 is 10.6 Å². The summed E-state index contributed by atoms with van der Waals surface area (Å²) in [5.41, 5.74) is 1.56. The molecule has 0 aliphatic carbocycles. The first kappa shape index (κ1) is 17.3. The van der Waals surface area contributed by atoms with Crippen LogP contribution in [-0.2, 0) is 16.0 Å². The molecule has 0 fully saturated rings. The minimum Gasteiger partial charge on any atom is -0.355 e. The number of hydrogen-bond donors (Lipinski definition) is 2. The lowest BCUT2D eigenvalue weighted by molar-refractivity contribution is -0.126. The summed E-state index contributed by atoms with van der Waals surface area (Å²) >= 11 is 11.9. The van der Waals surface area contributed by atoms with Crippen LogP contribution in [0.3, 0.4) is 0 Å². The number of halogens is 2. The summed E-state index contributed by atoms with van der Waals surface area (Å²) in [4.78, 5) is 23.5. The minimum absolute atomic E-state index is 0.219. The minimum atomic E-state index is -0.349. The Morgan fingerprint density at radius 3 is 2.39 bits per heavy atom. The predicted octanol–water partition coefficient (Wildman–Crippen LogP) is 3.68. The number of anilines is 1. The summed E-state index contributed by atoms with van der Waals surface area (Å²) in [5, 5.41) is 6.49. The summed E-state index contributed by atoms with van der Waals surface area (Å²) in [7, 11) is 0. The number of carbonyl (C=O) groups is 2. The van der Waals surface area contributed by atoms with Gasteiger partial charge in [-0.05, 0) is 36.2 Å². The lowest BCUT2D eigenvalue weighted by Gasteiger charge is -2.08. The lowest BCUT2D eigenvalue weighted by Crippen LogP contribution is -2.29. The highest BCUT2D eigenvalue weighted by molar-refractivity contribution is 6.35. The van der Waals surface area contributed by atoms with Crippen LogP contribution in [0.25, 0.3) is 0 Å². The van der Waals surface area contributed by atoms with Gasteiger partial charge in [0.15, 0.2) is 0 Å². The van der Waals surface area contributed by atoms with Gasteiger partial charge in [-0.3, -0.25) is 9.59 Å². The van der Waals surface area contributed by atoms with Crippen LogP contribution in [0, 0.1) is 0 Å². The molecule has 2 aromatic carbocycles. The molecule has 23 heavy (non-hydrogen) atoms. The summed E-state index contributed by atoms with van der Waals surface area (Å²) in [5.74, 6) is -0.679. The third-order valence-electron chi connectivity index (χ3n) is 3.11. The summed E-state index contributed by atoms with van der Waals surface area (Å²) in [6.07, 6.45) is 0.352. The van der Waals surface area contributed by atoms with Crippen molar-refractivity contribution in [1.82, 2.24) is 5.32 Å². The molecule has 2 rings (SSSR count). The molecule has 0 saturated heterocycles. The highest BCUT2D eigenvalue weighted by Crippen LogP contribution is 2.21. The largest absolute Gasteiger partial charge is 0.355 e. The second-order valence-electron chi connectivity index (χ2n) is 4.93. The molecular weight excluding hydrogens is 335 g/mol. The quantitative estimate of drug-likeness (QED) is 0.780. The zero-order chi connectivity index (χ0) is 16.7. The van der Waals surface area contributed by atoms with E-state index < -0.39 is 0 Å². The van der Waals surface area contributed by atoms with E-state index in [1.54, 1.807) is 24.3 Å². The van der Waals surface area contributed by atoms with E-state index in [4.69, 9.17) is 23.2 Å². The number of nitrogens with one attached hydrogen (secondary N) is 2. The molecule has 0 aliphatic rings. The molecule has 0 atom stereocenters. The number of hydrogen-bond acceptors (Lipinski definition) is 2. The lowest BCUT2D eigenvalue weighted by atomic mass is 10.1. The van der Waals surface area contributed by atoms with Gasteiger partial charge in [-0.1, -0.05) is 47.5 Å². The first-order valence-corrected chi connectivity index (χ1v) is 7.86. The zero-order valence-corrected chi connectivity index (χ0v) is 13.8. The maximum absolute atomic E-state index is 11.7. The first-order chi connectivity index (χ1) is 11.0. The standard InChI is InChI=1S/C17H16Cl2N2O2/c18-13-7-6-12(15(19)10-13)8-9-20-16(22)11-17(23)21-14-4-2-1-3-5-14/h1-7,10H,8-9,11H2,(H,20,22)(H,21,23). The van der Waals surface area contributed by atoms with Crippen molar-refractivity contribution in [3.63, 3.8) is 0 Å². The molecule has 0 saturated carbocycles.